The maximum absolute atomic E-state index is 14.1. The van der Waals surface area contributed by atoms with Gasteiger partial charge in [0.2, 0.25) is 0 Å². The van der Waals surface area contributed by atoms with Gasteiger partial charge in [0.25, 0.3) is 0 Å². The Bertz CT molecular complexity index is 785. The lowest BCUT2D eigenvalue weighted by atomic mass is 9.90. The number of carbonyl (C=O) groups is 2. The average molecular weight is 410 g/mol. The van der Waals surface area contributed by atoms with E-state index in [1.807, 2.05) is 0 Å². The minimum atomic E-state index is -6.50. The third kappa shape index (κ3) is 3.16. The summed E-state index contributed by atoms with van der Waals surface area (Å²) in [6.07, 6.45) is 0.373. The molecule has 2 nitrogen and oxygen atoms in total. The van der Waals surface area contributed by atoms with E-state index in [1.165, 1.54) is 0 Å². The molecular formula is C18H10F8O2. The monoisotopic (exact) mass is 410 g/mol. The van der Waals surface area contributed by atoms with Crippen LogP contribution in [0.15, 0.2) is 48.5 Å². The SMILES string of the molecule is O=Cc1ccc(C(F)(F)C(F)(F)C(F)(F)C(F)(F)c2ccc(C=O)cc2)cc1. The topological polar surface area (TPSA) is 34.1 Å². The lowest BCUT2D eigenvalue weighted by Gasteiger charge is -2.37. The molecule has 28 heavy (non-hydrogen) atoms. The van der Waals surface area contributed by atoms with Crippen molar-refractivity contribution in [2.24, 2.45) is 0 Å². The zero-order valence-electron chi connectivity index (χ0n) is 13.6. The lowest BCUT2D eigenvalue weighted by molar-refractivity contribution is -0.374. The van der Waals surface area contributed by atoms with E-state index in [-0.39, 0.29) is 48.0 Å². The molecule has 0 saturated carbocycles. The fraction of sp³-hybridized carbons (Fsp3) is 0.222. The second-order valence-corrected chi connectivity index (χ2v) is 5.78. The summed E-state index contributed by atoms with van der Waals surface area (Å²) < 4.78 is 113. The Morgan fingerprint density at radius 3 is 0.964 bits per heavy atom. The van der Waals surface area contributed by atoms with Crippen molar-refractivity contribution in [1.82, 2.24) is 0 Å². The maximum Gasteiger partial charge on any atom is 0.382 e. The third-order valence-corrected chi connectivity index (χ3v) is 4.00. The summed E-state index contributed by atoms with van der Waals surface area (Å²) in [5, 5.41) is 0. The van der Waals surface area contributed by atoms with E-state index in [4.69, 9.17) is 0 Å². The van der Waals surface area contributed by atoms with Crippen molar-refractivity contribution in [3.8, 4) is 0 Å². The Kier molecular flexibility index (Phi) is 5.37. The van der Waals surface area contributed by atoms with Gasteiger partial charge >= 0.3 is 23.7 Å². The molecular weight excluding hydrogens is 400 g/mol. The van der Waals surface area contributed by atoms with Crippen LogP contribution in [0, 0.1) is 0 Å². The maximum atomic E-state index is 14.1. The molecule has 0 amide bonds. The quantitative estimate of drug-likeness (QED) is 0.448. The summed E-state index contributed by atoms with van der Waals surface area (Å²) in [5.74, 6) is -24.4. The molecule has 0 aromatic heterocycles. The van der Waals surface area contributed by atoms with Gasteiger partial charge in [-0.2, -0.15) is 35.1 Å². The second-order valence-electron chi connectivity index (χ2n) is 5.78. The van der Waals surface area contributed by atoms with E-state index < -0.39 is 34.8 Å². The molecule has 0 aliphatic heterocycles. The molecule has 0 saturated heterocycles. The van der Waals surface area contributed by atoms with E-state index >= 15 is 0 Å². The van der Waals surface area contributed by atoms with Crippen molar-refractivity contribution in [2.75, 3.05) is 0 Å². The molecule has 0 radical (unpaired) electrons. The van der Waals surface area contributed by atoms with Gasteiger partial charge in [0.05, 0.1) is 0 Å². The van der Waals surface area contributed by atoms with Crippen LogP contribution < -0.4 is 0 Å². The lowest BCUT2D eigenvalue weighted by Crippen LogP contribution is -2.59. The standard InChI is InChI=1S/C18H10F8O2/c19-15(20,13-5-1-11(9-27)2-6-13)17(23,24)18(25,26)16(21,22)14-7-3-12(10-28)4-8-14/h1-10H. The van der Waals surface area contributed by atoms with Crippen LogP contribution in [-0.4, -0.2) is 24.4 Å². The molecule has 0 aliphatic carbocycles. The smallest absolute Gasteiger partial charge is 0.298 e. The highest BCUT2D eigenvalue weighted by atomic mass is 19.4. The average Bonchev–Trinajstić information content (AvgIpc) is 2.67. The number of benzene rings is 2. The highest BCUT2D eigenvalue weighted by molar-refractivity contribution is 5.75. The molecule has 0 unspecified atom stereocenters. The Labute approximate surface area is 152 Å². The van der Waals surface area contributed by atoms with Gasteiger partial charge in [0, 0.05) is 22.3 Å². The normalized spacial score (nSPS) is 13.3. The van der Waals surface area contributed by atoms with Gasteiger partial charge in [0.15, 0.2) is 0 Å². The van der Waals surface area contributed by atoms with Gasteiger partial charge in [0.1, 0.15) is 12.6 Å². The van der Waals surface area contributed by atoms with Gasteiger partial charge < -0.3 is 0 Å². The molecule has 0 N–H and O–H groups in total. The molecule has 0 spiro atoms. The molecule has 2 aromatic carbocycles. The van der Waals surface area contributed by atoms with Crippen LogP contribution in [0.5, 0.6) is 0 Å². The number of alkyl halides is 8. The molecule has 2 aromatic rings. The van der Waals surface area contributed by atoms with Crippen molar-refractivity contribution < 1.29 is 44.7 Å². The van der Waals surface area contributed by atoms with Gasteiger partial charge in [-0.1, -0.05) is 48.5 Å². The molecule has 0 heterocycles. The van der Waals surface area contributed by atoms with Crippen LogP contribution in [-0.2, 0) is 11.8 Å². The number of carbonyl (C=O) groups excluding carboxylic acids is 2. The summed E-state index contributed by atoms with van der Waals surface area (Å²) in [6, 6.07) is 3.69. The van der Waals surface area contributed by atoms with Gasteiger partial charge in [-0.05, 0) is 0 Å². The van der Waals surface area contributed by atoms with Crippen LogP contribution >= 0.6 is 0 Å². The number of hydrogen-bond acceptors (Lipinski definition) is 2. The fourth-order valence-corrected chi connectivity index (χ4v) is 2.30. The third-order valence-electron chi connectivity index (χ3n) is 4.00. The largest absolute Gasteiger partial charge is 0.382 e. The van der Waals surface area contributed by atoms with Crippen molar-refractivity contribution in [2.45, 2.75) is 23.7 Å². The minimum absolute atomic E-state index is 0.186. The van der Waals surface area contributed by atoms with Crippen molar-refractivity contribution >= 4 is 12.6 Å². The van der Waals surface area contributed by atoms with E-state index in [1.54, 1.807) is 0 Å². The van der Waals surface area contributed by atoms with E-state index in [0.717, 1.165) is 0 Å². The minimum Gasteiger partial charge on any atom is -0.298 e. The van der Waals surface area contributed by atoms with Crippen molar-refractivity contribution in [3.63, 3.8) is 0 Å². The molecule has 2 rings (SSSR count). The number of rotatable bonds is 7. The Morgan fingerprint density at radius 1 is 0.500 bits per heavy atom. The number of hydrogen-bond donors (Lipinski definition) is 0. The first-order valence-electron chi connectivity index (χ1n) is 7.45. The Hall–Kier alpha value is -2.78. The van der Waals surface area contributed by atoms with E-state index in [9.17, 15) is 44.7 Å². The summed E-state index contributed by atoms with van der Waals surface area (Å²) in [5.41, 5.74) is -3.77. The summed E-state index contributed by atoms with van der Waals surface area (Å²) in [4.78, 5) is 21.0. The zero-order chi connectivity index (χ0) is 21.4. The molecule has 0 bridgehead atoms. The second kappa shape index (κ2) is 6.99. The predicted octanol–water partition coefficient (Wildman–Crippen LogP) is 5.47. The van der Waals surface area contributed by atoms with Gasteiger partial charge in [-0.15, -0.1) is 0 Å². The van der Waals surface area contributed by atoms with Crippen LogP contribution in [0.3, 0.4) is 0 Å². The zero-order valence-corrected chi connectivity index (χ0v) is 13.6. The fourth-order valence-electron chi connectivity index (χ4n) is 2.30. The van der Waals surface area contributed by atoms with E-state index in [0.29, 0.717) is 24.3 Å². The number of aldehydes is 2. The molecule has 0 atom stereocenters. The van der Waals surface area contributed by atoms with Crippen LogP contribution in [0.25, 0.3) is 0 Å². The molecule has 150 valence electrons. The highest BCUT2D eigenvalue weighted by Gasteiger charge is 2.81. The van der Waals surface area contributed by atoms with Gasteiger partial charge in [-0.3, -0.25) is 9.59 Å². The first-order chi connectivity index (χ1) is 12.8. The molecule has 0 fully saturated rings. The van der Waals surface area contributed by atoms with Crippen LogP contribution in [0.4, 0.5) is 35.1 Å². The van der Waals surface area contributed by atoms with Crippen LogP contribution in [0.2, 0.25) is 0 Å². The van der Waals surface area contributed by atoms with Crippen LogP contribution in [0.1, 0.15) is 31.8 Å². The summed E-state index contributed by atoms with van der Waals surface area (Å²) in [7, 11) is 0. The van der Waals surface area contributed by atoms with Gasteiger partial charge in [-0.25, -0.2) is 0 Å². The number of halogens is 8. The van der Waals surface area contributed by atoms with Crippen molar-refractivity contribution in [3.05, 3.63) is 70.8 Å². The highest BCUT2D eigenvalue weighted by Crippen LogP contribution is 2.59. The Morgan fingerprint density at radius 2 is 0.750 bits per heavy atom. The first-order valence-corrected chi connectivity index (χ1v) is 7.45. The predicted molar refractivity (Wildman–Crippen MR) is 81.3 cm³/mol. The summed E-state index contributed by atoms with van der Waals surface area (Å²) in [6.45, 7) is 0. The molecule has 10 heteroatoms. The molecule has 0 aliphatic rings. The van der Waals surface area contributed by atoms with Crippen molar-refractivity contribution in [1.29, 1.82) is 0 Å². The summed E-state index contributed by atoms with van der Waals surface area (Å²) >= 11 is 0. The van der Waals surface area contributed by atoms with E-state index in [2.05, 4.69) is 0 Å². The Balaban J connectivity index is 2.51. The first kappa shape index (κ1) is 21.5.